The summed E-state index contributed by atoms with van der Waals surface area (Å²) in [6.07, 6.45) is 0. The fourth-order valence-corrected chi connectivity index (χ4v) is 2.72. The van der Waals surface area contributed by atoms with E-state index in [9.17, 15) is 8.42 Å². The molecular formula is C8H17ClN4O2S. The van der Waals surface area contributed by atoms with Crippen LogP contribution in [0.4, 0.5) is 0 Å². The minimum atomic E-state index is -3.43. The Balaban J connectivity index is 0.00000225. The first-order valence-electron chi connectivity index (χ1n) is 4.65. The Morgan fingerprint density at radius 2 is 1.94 bits per heavy atom. The molecule has 0 atom stereocenters. The van der Waals surface area contributed by atoms with Gasteiger partial charge in [0.25, 0.3) is 0 Å². The third-order valence-corrected chi connectivity index (χ3v) is 3.72. The molecular weight excluding hydrogens is 252 g/mol. The van der Waals surface area contributed by atoms with E-state index >= 15 is 0 Å². The topological polar surface area (TPSA) is 86.9 Å². The largest absolute Gasteiger partial charge is 0.318 e. The quantitative estimate of drug-likeness (QED) is 0.654. The normalized spacial score (nSPS) is 11.2. The Kier molecular flexibility index (Phi) is 5.95. The van der Waals surface area contributed by atoms with Gasteiger partial charge >= 0.3 is 0 Å². The molecule has 0 bridgehead atoms. The van der Waals surface area contributed by atoms with Crippen molar-refractivity contribution in [3.05, 3.63) is 11.4 Å². The SMILES string of the molecule is CNCCNS(=O)(=O)c1c(C)n[nH]c1C.Cl. The molecule has 16 heavy (non-hydrogen) atoms. The van der Waals surface area contributed by atoms with Crippen LogP contribution in [0.3, 0.4) is 0 Å². The molecule has 0 spiro atoms. The van der Waals surface area contributed by atoms with Gasteiger partial charge < -0.3 is 5.32 Å². The van der Waals surface area contributed by atoms with Crippen molar-refractivity contribution >= 4 is 22.4 Å². The molecule has 8 heteroatoms. The second-order valence-electron chi connectivity index (χ2n) is 3.26. The highest BCUT2D eigenvalue weighted by molar-refractivity contribution is 7.89. The Morgan fingerprint density at radius 3 is 2.38 bits per heavy atom. The van der Waals surface area contributed by atoms with Crippen molar-refractivity contribution in [1.29, 1.82) is 0 Å². The summed E-state index contributed by atoms with van der Waals surface area (Å²) >= 11 is 0. The van der Waals surface area contributed by atoms with Gasteiger partial charge in [0.1, 0.15) is 4.90 Å². The first-order valence-corrected chi connectivity index (χ1v) is 6.13. The minimum absolute atomic E-state index is 0. The summed E-state index contributed by atoms with van der Waals surface area (Å²) in [5, 5.41) is 9.36. The number of likely N-dealkylation sites (N-methyl/N-ethyl adjacent to an activating group) is 1. The van der Waals surface area contributed by atoms with Crippen LogP contribution >= 0.6 is 12.4 Å². The van der Waals surface area contributed by atoms with Gasteiger partial charge in [0.05, 0.1) is 11.4 Å². The van der Waals surface area contributed by atoms with Gasteiger partial charge in [-0.2, -0.15) is 5.10 Å². The summed E-state index contributed by atoms with van der Waals surface area (Å²) in [4.78, 5) is 0.249. The highest BCUT2D eigenvalue weighted by atomic mass is 35.5. The molecule has 0 fully saturated rings. The van der Waals surface area contributed by atoms with Gasteiger partial charge in [-0.05, 0) is 20.9 Å². The molecule has 3 N–H and O–H groups in total. The van der Waals surface area contributed by atoms with Crippen molar-refractivity contribution in [1.82, 2.24) is 20.2 Å². The minimum Gasteiger partial charge on any atom is -0.318 e. The van der Waals surface area contributed by atoms with Crippen LogP contribution in [0.25, 0.3) is 0 Å². The molecule has 0 aromatic carbocycles. The van der Waals surface area contributed by atoms with Crippen molar-refractivity contribution in [2.45, 2.75) is 18.7 Å². The first-order chi connectivity index (χ1) is 6.99. The summed E-state index contributed by atoms with van der Waals surface area (Å²) in [7, 11) is -1.67. The molecule has 0 radical (unpaired) electrons. The van der Waals surface area contributed by atoms with Gasteiger partial charge in [0.15, 0.2) is 0 Å². The van der Waals surface area contributed by atoms with E-state index < -0.39 is 10.0 Å². The second-order valence-corrected chi connectivity index (χ2v) is 4.97. The Morgan fingerprint density at radius 1 is 1.31 bits per heavy atom. The molecule has 0 aliphatic rings. The van der Waals surface area contributed by atoms with Gasteiger partial charge in [-0.25, -0.2) is 13.1 Å². The number of H-pyrrole nitrogens is 1. The van der Waals surface area contributed by atoms with E-state index in [1.807, 2.05) is 0 Å². The van der Waals surface area contributed by atoms with Crippen molar-refractivity contribution in [2.75, 3.05) is 20.1 Å². The summed E-state index contributed by atoms with van der Waals surface area (Å²) in [5.41, 5.74) is 1.05. The predicted octanol–water partition coefficient (Wildman–Crippen LogP) is -0.0540. The van der Waals surface area contributed by atoms with Crippen LogP contribution in [0.5, 0.6) is 0 Å². The van der Waals surface area contributed by atoms with Crippen LogP contribution in [-0.2, 0) is 10.0 Å². The lowest BCUT2D eigenvalue weighted by Crippen LogP contribution is -2.31. The number of hydrogen-bond acceptors (Lipinski definition) is 4. The van der Waals surface area contributed by atoms with Crippen molar-refractivity contribution < 1.29 is 8.42 Å². The van der Waals surface area contributed by atoms with Gasteiger partial charge in [0.2, 0.25) is 10.0 Å². The van der Waals surface area contributed by atoms with Gasteiger partial charge in [-0.15, -0.1) is 12.4 Å². The smallest absolute Gasteiger partial charge is 0.244 e. The first kappa shape index (κ1) is 15.4. The monoisotopic (exact) mass is 268 g/mol. The molecule has 1 rings (SSSR count). The van der Waals surface area contributed by atoms with E-state index in [0.29, 0.717) is 24.5 Å². The maximum Gasteiger partial charge on any atom is 0.244 e. The lowest BCUT2D eigenvalue weighted by atomic mass is 10.4. The number of halogens is 1. The number of rotatable bonds is 5. The number of aryl methyl sites for hydroxylation is 2. The van der Waals surface area contributed by atoms with Crippen LogP contribution in [-0.4, -0.2) is 38.8 Å². The third kappa shape index (κ3) is 3.44. The molecule has 0 saturated carbocycles. The fourth-order valence-electron chi connectivity index (χ4n) is 1.32. The molecule has 0 unspecified atom stereocenters. The van der Waals surface area contributed by atoms with Crippen LogP contribution in [0.1, 0.15) is 11.4 Å². The van der Waals surface area contributed by atoms with E-state index in [1.165, 1.54) is 0 Å². The summed E-state index contributed by atoms with van der Waals surface area (Å²) in [6, 6.07) is 0. The molecule has 6 nitrogen and oxygen atoms in total. The predicted molar refractivity (Wildman–Crippen MR) is 64.4 cm³/mol. The van der Waals surface area contributed by atoms with E-state index in [0.717, 1.165) is 0 Å². The van der Waals surface area contributed by atoms with Crippen LogP contribution in [0, 0.1) is 13.8 Å². The van der Waals surface area contributed by atoms with Crippen molar-refractivity contribution in [2.24, 2.45) is 0 Å². The number of hydrogen-bond donors (Lipinski definition) is 3. The van der Waals surface area contributed by atoms with Gasteiger partial charge in [0, 0.05) is 13.1 Å². The Bertz CT molecular complexity index is 410. The van der Waals surface area contributed by atoms with Crippen molar-refractivity contribution in [3.8, 4) is 0 Å². The van der Waals surface area contributed by atoms with Crippen LogP contribution in [0.2, 0.25) is 0 Å². The molecule has 1 heterocycles. The zero-order chi connectivity index (χ0) is 11.5. The molecule has 94 valence electrons. The molecule has 1 aromatic heterocycles. The number of nitrogens with one attached hydrogen (secondary N) is 3. The highest BCUT2D eigenvalue weighted by Gasteiger charge is 2.21. The van der Waals surface area contributed by atoms with Crippen LogP contribution in [0.15, 0.2) is 4.90 Å². The third-order valence-electron chi connectivity index (χ3n) is 2.00. The maximum atomic E-state index is 11.8. The zero-order valence-electron chi connectivity index (χ0n) is 9.49. The van der Waals surface area contributed by atoms with Gasteiger partial charge in [-0.1, -0.05) is 0 Å². The molecule has 0 amide bonds. The average Bonchev–Trinajstić information content (AvgIpc) is 2.46. The highest BCUT2D eigenvalue weighted by Crippen LogP contribution is 2.15. The fraction of sp³-hybridized carbons (Fsp3) is 0.625. The number of nitrogens with zero attached hydrogens (tertiary/aromatic N) is 1. The Labute approximate surface area is 102 Å². The lowest BCUT2D eigenvalue weighted by Gasteiger charge is -2.05. The molecule has 1 aromatic rings. The standard InChI is InChI=1S/C8H16N4O2S.ClH/c1-6-8(7(2)12-11-6)15(13,14)10-5-4-9-3;/h9-10H,4-5H2,1-3H3,(H,11,12);1H. The summed E-state index contributed by atoms with van der Waals surface area (Å²) in [6.45, 7) is 4.31. The van der Waals surface area contributed by atoms with E-state index in [-0.39, 0.29) is 17.3 Å². The molecule has 0 saturated heterocycles. The second kappa shape index (κ2) is 6.19. The Hall–Kier alpha value is -0.630. The van der Waals surface area contributed by atoms with E-state index in [4.69, 9.17) is 0 Å². The van der Waals surface area contributed by atoms with Crippen LogP contribution < -0.4 is 10.0 Å². The lowest BCUT2D eigenvalue weighted by molar-refractivity contribution is 0.578. The van der Waals surface area contributed by atoms with Gasteiger partial charge in [-0.3, -0.25) is 5.10 Å². The van der Waals surface area contributed by atoms with Crippen molar-refractivity contribution in [3.63, 3.8) is 0 Å². The van der Waals surface area contributed by atoms with E-state index in [2.05, 4.69) is 20.2 Å². The number of aromatic amines is 1. The zero-order valence-corrected chi connectivity index (χ0v) is 11.1. The molecule has 0 aliphatic heterocycles. The maximum absolute atomic E-state index is 11.8. The summed E-state index contributed by atoms with van der Waals surface area (Å²) in [5.74, 6) is 0. The average molecular weight is 269 g/mol. The molecule has 0 aliphatic carbocycles. The summed E-state index contributed by atoms with van der Waals surface area (Å²) < 4.78 is 26.1. The van der Waals surface area contributed by atoms with E-state index in [1.54, 1.807) is 20.9 Å². The number of sulfonamides is 1. The number of aromatic nitrogens is 2.